The lowest BCUT2D eigenvalue weighted by Gasteiger charge is -2.18. The van der Waals surface area contributed by atoms with Crippen LogP contribution in [0.25, 0.3) is 6.08 Å². The van der Waals surface area contributed by atoms with Crippen LogP contribution in [0.2, 0.25) is 0 Å². The van der Waals surface area contributed by atoms with Crippen molar-refractivity contribution >= 4 is 23.8 Å². The molecule has 24 heavy (non-hydrogen) atoms. The number of aldehydes is 1. The molecule has 0 saturated carbocycles. The predicted octanol–water partition coefficient (Wildman–Crippen LogP) is 4.24. The third kappa shape index (κ3) is 2.54. The monoisotopic (exact) mass is 312 g/mol. The molecule has 0 N–H and O–H groups in total. The Morgan fingerprint density at radius 3 is 2.46 bits per heavy atom. The molecular weight excluding hydrogens is 296 g/mol. The number of allylic oxidation sites excluding steroid dienone is 2. The van der Waals surface area contributed by atoms with E-state index in [4.69, 9.17) is 0 Å². The second kappa shape index (κ2) is 5.85. The molecule has 3 nitrogen and oxygen atoms in total. The molecule has 0 fully saturated rings. The molecule has 2 aromatic rings. The largest absolute Gasteiger partial charge is 0.298 e. The van der Waals surface area contributed by atoms with Crippen LogP contribution in [0.3, 0.4) is 0 Å². The van der Waals surface area contributed by atoms with Gasteiger partial charge in [0.1, 0.15) is 6.29 Å². The van der Waals surface area contributed by atoms with E-state index >= 15 is 0 Å². The first kappa shape index (κ1) is 14.5. The van der Waals surface area contributed by atoms with Gasteiger partial charge in [0.25, 0.3) is 0 Å². The summed E-state index contributed by atoms with van der Waals surface area (Å²) in [4.78, 5) is 10.8. The second-order valence-corrected chi connectivity index (χ2v) is 6.05. The average molecular weight is 312 g/mol. The van der Waals surface area contributed by atoms with Crippen molar-refractivity contribution in [1.29, 1.82) is 0 Å². The summed E-state index contributed by atoms with van der Waals surface area (Å²) in [6, 6.07) is 15.8. The Labute approximate surface area is 140 Å². The summed E-state index contributed by atoms with van der Waals surface area (Å²) in [5, 5.41) is 8.73. The molecular formula is C21H16N2O. The number of nitrogens with zero attached hydrogens (tertiary/aromatic N) is 2. The van der Waals surface area contributed by atoms with Gasteiger partial charge in [-0.2, -0.15) is 10.2 Å². The normalized spacial score (nSPS) is 16.2. The highest BCUT2D eigenvalue weighted by Gasteiger charge is 2.22. The van der Waals surface area contributed by atoms with Crippen molar-refractivity contribution in [2.24, 2.45) is 10.2 Å². The van der Waals surface area contributed by atoms with Crippen LogP contribution in [0.4, 0.5) is 0 Å². The van der Waals surface area contributed by atoms with Crippen molar-refractivity contribution in [1.82, 2.24) is 0 Å². The van der Waals surface area contributed by atoms with Gasteiger partial charge in [-0.1, -0.05) is 55.1 Å². The van der Waals surface area contributed by atoms with Crippen molar-refractivity contribution in [3.05, 3.63) is 88.5 Å². The number of rotatable bonds is 3. The third-order valence-corrected chi connectivity index (χ3v) is 4.46. The quantitative estimate of drug-likeness (QED) is 0.781. The highest BCUT2D eigenvalue weighted by Crippen LogP contribution is 2.30. The molecule has 0 radical (unpaired) electrons. The van der Waals surface area contributed by atoms with Crippen LogP contribution < -0.4 is 0 Å². The summed E-state index contributed by atoms with van der Waals surface area (Å²) in [7, 11) is 0. The third-order valence-electron chi connectivity index (χ3n) is 4.46. The van der Waals surface area contributed by atoms with E-state index in [0.29, 0.717) is 12.0 Å². The van der Waals surface area contributed by atoms with E-state index in [1.54, 1.807) is 12.1 Å². The molecule has 0 amide bonds. The minimum absolute atomic E-state index is 0.665. The fourth-order valence-electron chi connectivity index (χ4n) is 3.12. The molecule has 116 valence electrons. The van der Waals surface area contributed by atoms with Gasteiger partial charge in [0, 0.05) is 17.6 Å². The number of fused-ring (bicyclic) bond motifs is 1. The average Bonchev–Trinajstić information content (AvgIpc) is 3.11. The lowest BCUT2D eigenvalue weighted by Crippen LogP contribution is -2.12. The summed E-state index contributed by atoms with van der Waals surface area (Å²) in [6.07, 6.45) is 4.54. The van der Waals surface area contributed by atoms with Gasteiger partial charge in [0.05, 0.1) is 11.4 Å². The van der Waals surface area contributed by atoms with Crippen LogP contribution >= 0.6 is 0 Å². The van der Waals surface area contributed by atoms with Crippen LogP contribution in [0.5, 0.6) is 0 Å². The molecule has 1 heterocycles. The second-order valence-electron chi connectivity index (χ2n) is 6.05. The lowest BCUT2D eigenvalue weighted by atomic mass is 9.85. The Morgan fingerprint density at radius 2 is 1.67 bits per heavy atom. The molecule has 0 atom stereocenters. The topological polar surface area (TPSA) is 41.8 Å². The first-order valence-corrected chi connectivity index (χ1v) is 7.92. The number of hydrogen-bond donors (Lipinski definition) is 0. The predicted molar refractivity (Wildman–Crippen MR) is 97.7 cm³/mol. The molecule has 1 aliphatic heterocycles. The Kier molecular flexibility index (Phi) is 3.54. The highest BCUT2D eigenvalue weighted by atomic mass is 16.1. The van der Waals surface area contributed by atoms with Crippen molar-refractivity contribution in [2.45, 2.75) is 12.8 Å². The maximum Gasteiger partial charge on any atom is 0.150 e. The van der Waals surface area contributed by atoms with Gasteiger partial charge in [-0.05, 0) is 34.8 Å². The Hall–Kier alpha value is -3.07. The molecule has 0 saturated heterocycles. The van der Waals surface area contributed by atoms with Gasteiger partial charge in [0.15, 0.2) is 0 Å². The fourth-order valence-corrected chi connectivity index (χ4v) is 3.12. The summed E-state index contributed by atoms with van der Waals surface area (Å²) in [5.41, 5.74) is 8.26. The van der Waals surface area contributed by atoms with Gasteiger partial charge >= 0.3 is 0 Å². The smallest absolute Gasteiger partial charge is 0.150 e. The van der Waals surface area contributed by atoms with E-state index in [1.807, 2.05) is 18.2 Å². The van der Waals surface area contributed by atoms with Crippen molar-refractivity contribution < 1.29 is 4.79 Å². The number of carbonyl (C=O) groups excluding carboxylic acids is 1. The zero-order valence-electron chi connectivity index (χ0n) is 13.2. The lowest BCUT2D eigenvalue weighted by molar-refractivity contribution is 0.112. The van der Waals surface area contributed by atoms with E-state index < -0.39 is 0 Å². The van der Waals surface area contributed by atoms with Gasteiger partial charge in [-0.15, -0.1) is 0 Å². The van der Waals surface area contributed by atoms with E-state index in [9.17, 15) is 4.79 Å². The zero-order chi connectivity index (χ0) is 16.5. The minimum Gasteiger partial charge on any atom is -0.298 e. The van der Waals surface area contributed by atoms with Gasteiger partial charge in [-0.3, -0.25) is 4.79 Å². The van der Waals surface area contributed by atoms with Crippen LogP contribution in [0, 0.1) is 0 Å². The standard InChI is InChI=1S/C21H16N2O/c1-14-10-17-4-2-3-5-18(17)11-19(14)21-12-20(22-23-21)16-8-6-15(13-24)7-9-16/h2-9,11,13H,1,10,12H2. The molecule has 0 bridgehead atoms. The number of carbonyl (C=O) groups is 1. The molecule has 0 spiro atoms. The highest BCUT2D eigenvalue weighted by molar-refractivity contribution is 6.23. The molecule has 2 aromatic carbocycles. The Morgan fingerprint density at radius 1 is 0.917 bits per heavy atom. The van der Waals surface area contributed by atoms with Gasteiger partial charge in [-0.25, -0.2) is 0 Å². The Balaban J connectivity index is 1.58. The minimum atomic E-state index is 0.665. The number of hydrogen-bond acceptors (Lipinski definition) is 3. The van der Waals surface area contributed by atoms with E-state index in [0.717, 1.165) is 40.8 Å². The zero-order valence-corrected chi connectivity index (χ0v) is 13.2. The van der Waals surface area contributed by atoms with Crippen LogP contribution in [0.15, 0.2) is 76.5 Å². The first-order chi connectivity index (χ1) is 11.7. The number of benzene rings is 2. The van der Waals surface area contributed by atoms with Crippen LogP contribution in [-0.2, 0) is 6.42 Å². The molecule has 0 unspecified atom stereocenters. The summed E-state index contributed by atoms with van der Waals surface area (Å²) in [6.45, 7) is 4.22. The summed E-state index contributed by atoms with van der Waals surface area (Å²) >= 11 is 0. The van der Waals surface area contributed by atoms with Crippen molar-refractivity contribution in [3.63, 3.8) is 0 Å². The van der Waals surface area contributed by atoms with Crippen LogP contribution in [0.1, 0.15) is 33.5 Å². The van der Waals surface area contributed by atoms with Crippen LogP contribution in [-0.4, -0.2) is 17.7 Å². The Bertz CT molecular complexity index is 931. The molecule has 3 heteroatoms. The SMILES string of the molecule is C=C1Cc2ccccc2C=C1C1=NN=C(c2ccc(C=O)cc2)C1. The van der Waals surface area contributed by atoms with E-state index in [2.05, 4.69) is 41.1 Å². The summed E-state index contributed by atoms with van der Waals surface area (Å²) < 4.78 is 0. The van der Waals surface area contributed by atoms with Gasteiger partial charge < -0.3 is 0 Å². The molecule has 2 aliphatic rings. The van der Waals surface area contributed by atoms with E-state index in [1.165, 1.54) is 11.1 Å². The molecule has 4 rings (SSSR count). The van der Waals surface area contributed by atoms with E-state index in [-0.39, 0.29) is 0 Å². The van der Waals surface area contributed by atoms with Crippen molar-refractivity contribution in [3.8, 4) is 0 Å². The van der Waals surface area contributed by atoms with Gasteiger partial charge in [0.2, 0.25) is 0 Å². The molecule has 1 aliphatic carbocycles. The fraction of sp³-hybridized carbons (Fsp3) is 0.0952. The maximum atomic E-state index is 10.8. The maximum absolute atomic E-state index is 10.8. The first-order valence-electron chi connectivity index (χ1n) is 7.92. The molecule has 0 aromatic heterocycles. The van der Waals surface area contributed by atoms with Crippen molar-refractivity contribution in [2.75, 3.05) is 0 Å². The summed E-state index contributed by atoms with van der Waals surface area (Å²) in [5.74, 6) is 0.